The van der Waals surface area contributed by atoms with E-state index in [1.54, 1.807) is 24.3 Å². The van der Waals surface area contributed by atoms with Gasteiger partial charge in [-0.1, -0.05) is 6.07 Å². The monoisotopic (exact) mass is 408 g/mol. The molecule has 0 spiro atoms. The van der Waals surface area contributed by atoms with E-state index in [1.807, 2.05) is 4.90 Å². The SMILES string of the molecule is O=[N+]([O-])c1ccc(N2CCN(C(=S)Nc3cccc(OC(F)F)c3)CC2)cc1. The van der Waals surface area contributed by atoms with Crippen LogP contribution < -0.4 is 15.0 Å². The third-order valence-corrected chi connectivity index (χ3v) is 4.66. The molecule has 0 amide bonds. The zero-order valence-electron chi connectivity index (χ0n) is 14.8. The molecule has 0 unspecified atom stereocenters. The Balaban J connectivity index is 1.54. The maximum atomic E-state index is 12.3. The van der Waals surface area contributed by atoms with E-state index < -0.39 is 11.5 Å². The quantitative estimate of drug-likeness (QED) is 0.459. The Morgan fingerprint density at radius 2 is 1.82 bits per heavy atom. The molecule has 1 aliphatic rings. The summed E-state index contributed by atoms with van der Waals surface area (Å²) in [5, 5.41) is 14.3. The minimum absolute atomic E-state index is 0.0609. The first-order valence-electron chi connectivity index (χ1n) is 8.52. The number of nitrogens with one attached hydrogen (secondary N) is 1. The van der Waals surface area contributed by atoms with Gasteiger partial charge in [-0.05, 0) is 36.5 Å². The number of nitro benzene ring substituents is 1. The maximum Gasteiger partial charge on any atom is 0.387 e. The van der Waals surface area contributed by atoms with Crippen molar-refractivity contribution in [2.24, 2.45) is 0 Å². The predicted molar refractivity (Wildman–Crippen MR) is 106 cm³/mol. The van der Waals surface area contributed by atoms with Crippen LogP contribution in [0.15, 0.2) is 48.5 Å². The molecule has 0 radical (unpaired) electrons. The lowest BCUT2D eigenvalue weighted by atomic mass is 10.2. The van der Waals surface area contributed by atoms with Crippen molar-refractivity contribution in [1.82, 2.24) is 4.90 Å². The second kappa shape index (κ2) is 8.79. The molecule has 7 nitrogen and oxygen atoms in total. The first-order chi connectivity index (χ1) is 13.4. The molecule has 3 rings (SSSR count). The van der Waals surface area contributed by atoms with Crippen molar-refractivity contribution in [3.05, 3.63) is 58.6 Å². The Morgan fingerprint density at radius 3 is 2.43 bits per heavy atom. The highest BCUT2D eigenvalue weighted by molar-refractivity contribution is 7.80. The molecule has 0 bridgehead atoms. The van der Waals surface area contributed by atoms with Crippen LogP contribution in [0.4, 0.5) is 25.8 Å². The van der Waals surface area contributed by atoms with Crippen molar-refractivity contribution < 1.29 is 18.4 Å². The Hall–Kier alpha value is -3.01. The van der Waals surface area contributed by atoms with Gasteiger partial charge in [-0.3, -0.25) is 10.1 Å². The van der Waals surface area contributed by atoms with E-state index in [2.05, 4.69) is 15.0 Å². The smallest absolute Gasteiger partial charge is 0.387 e. The van der Waals surface area contributed by atoms with E-state index in [0.717, 1.165) is 5.69 Å². The molecule has 1 heterocycles. The summed E-state index contributed by atoms with van der Waals surface area (Å²) in [5.74, 6) is 0.0609. The first kappa shape index (κ1) is 19.7. The molecule has 0 aromatic heterocycles. The molecular weight excluding hydrogens is 390 g/mol. The molecule has 1 N–H and O–H groups in total. The number of benzene rings is 2. The summed E-state index contributed by atoms with van der Waals surface area (Å²) >= 11 is 5.42. The van der Waals surface area contributed by atoms with Crippen LogP contribution in [-0.2, 0) is 0 Å². The second-order valence-electron chi connectivity index (χ2n) is 6.08. The first-order valence-corrected chi connectivity index (χ1v) is 8.93. The number of nitro groups is 1. The fourth-order valence-electron chi connectivity index (χ4n) is 2.91. The van der Waals surface area contributed by atoms with Crippen molar-refractivity contribution in [3.63, 3.8) is 0 Å². The third kappa shape index (κ3) is 5.03. The lowest BCUT2D eigenvalue weighted by Gasteiger charge is -2.37. The number of hydrogen-bond donors (Lipinski definition) is 1. The highest BCUT2D eigenvalue weighted by Crippen LogP contribution is 2.22. The maximum absolute atomic E-state index is 12.3. The van der Waals surface area contributed by atoms with Gasteiger partial charge in [-0.25, -0.2) is 0 Å². The van der Waals surface area contributed by atoms with E-state index in [-0.39, 0.29) is 11.4 Å². The molecular formula is C18H18F2N4O3S. The summed E-state index contributed by atoms with van der Waals surface area (Å²) in [6, 6.07) is 12.7. The average molecular weight is 408 g/mol. The number of anilines is 2. The summed E-state index contributed by atoms with van der Waals surface area (Å²) < 4.78 is 29.0. The largest absolute Gasteiger partial charge is 0.435 e. The number of ether oxygens (including phenoxy) is 1. The van der Waals surface area contributed by atoms with Gasteiger partial charge in [0.15, 0.2) is 5.11 Å². The molecule has 148 valence electrons. The summed E-state index contributed by atoms with van der Waals surface area (Å²) in [6.07, 6.45) is 0. The standard InChI is InChI=1S/C18H18F2N4O3S/c19-17(20)27-16-3-1-2-13(12-16)21-18(28)23-10-8-22(9-11-23)14-4-6-15(7-5-14)24(25)26/h1-7,12,17H,8-11H2,(H,21,28). The number of non-ortho nitro benzene ring substituents is 1. The molecule has 0 aliphatic carbocycles. The van der Waals surface area contributed by atoms with Crippen LogP contribution in [0.2, 0.25) is 0 Å². The van der Waals surface area contributed by atoms with Crippen LogP contribution in [0.3, 0.4) is 0 Å². The normalized spacial score (nSPS) is 14.1. The average Bonchev–Trinajstić information content (AvgIpc) is 2.68. The van der Waals surface area contributed by atoms with Crippen molar-refractivity contribution in [2.75, 3.05) is 36.4 Å². The second-order valence-corrected chi connectivity index (χ2v) is 6.47. The lowest BCUT2D eigenvalue weighted by Crippen LogP contribution is -2.50. The number of alkyl halides is 2. The summed E-state index contributed by atoms with van der Waals surface area (Å²) in [6.45, 7) is -0.149. The van der Waals surface area contributed by atoms with Crippen LogP contribution >= 0.6 is 12.2 Å². The van der Waals surface area contributed by atoms with Gasteiger partial charge < -0.3 is 19.9 Å². The Labute approximate surface area is 165 Å². The van der Waals surface area contributed by atoms with Gasteiger partial charge in [-0.15, -0.1) is 0 Å². The van der Waals surface area contributed by atoms with Gasteiger partial charge in [0.1, 0.15) is 5.75 Å². The van der Waals surface area contributed by atoms with Gasteiger partial charge in [0, 0.05) is 55.8 Å². The van der Waals surface area contributed by atoms with E-state index in [0.29, 0.717) is 37.0 Å². The van der Waals surface area contributed by atoms with Crippen LogP contribution in [0.5, 0.6) is 5.75 Å². The molecule has 1 aliphatic heterocycles. The van der Waals surface area contributed by atoms with E-state index in [4.69, 9.17) is 12.2 Å². The number of nitrogens with zero attached hydrogens (tertiary/aromatic N) is 3. The molecule has 28 heavy (non-hydrogen) atoms. The van der Waals surface area contributed by atoms with Crippen molar-refractivity contribution in [2.45, 2.75) is 6.61 Å². The molecule has 10 heteroatoms. The molecule has 1 fully saturated rings. The van der Waals surface area contributed by atoms with Gasteiger partial charge >= 0.3 is 6.61 Å². The predicted octanol–water partition coefficient (Wildman–Crippen LogP) is 3.72. The molecule has 2 aromatic carbocycles. The number of thiocarbonyl (C=S) groups is 1. The van der Waals surface area contributed by atoms with Gasteiger partial charge in [0.05, 0.1) is 4.92 Å². The lowest BCUT2D eigenvalue weighted by molar-refractivity contribution is -0.384. The van der Waals surface area contributed by atoms with Crippen LogP contribution in [0, 0.1) is 10.1 Å². The zero-order valence-corrected chi connectivity index (χ0v) is 15.6. The third-order valence-electron chi connectivity index (χ3n) is 4.30. The number of halogens is 2. The topological polar surface area (TPSA) is 70.9 Å². The summed E-state index contributed by atoms with van der Waals surface area (Å²) in [5.41, 5.74) is 1.55. The Morgan fingerprint density at radius 1 is 1.14 bits per heavy atom. The van der Waals surface area contributed by atoms with Crippen molar-refractivity contribution >= 4 is 34.4 Å². The number of hydrogen-bond acceptors (Lipinski definition) is 5. The molecule has 2 aromatic rings. The van der Waals surface area contributed by atoms with E-state index in [9.17, 15) is 18.9 Å². The summed E-state index contributed by atoms with van der Waals surface area (Å²) in [4.78, 5) is 14.4. The Kier molecular flexibility index (Phi) is 6.19. The number of rotatable bonds is 5. The molecule has 0 saturated carbocycles. The van der Waals surface area contributed by atoms with E-state index in [1.165, 1.54) is 24.3 Å². The fourth-order valence-corrected chi connectivity index (χ4v) is 3.21. The van der Waals surface area contributed by atoms with Gasteiger partial charge in [-0.2, -0.15) is 8.78 Å². The van der Waals surface area contributed by atoms with Gasteiger partial charge in [0.25, 0.3) is 5.69 Å². The van der Waals surface area contributed by atoms with Crippen molar-refractivity contribution in [3.8, 4) is 5.75 Å². The van der Waals surface area contributed by atoms with E-state index >= 15 is 0 Å². The fraction of sp³-hybridized carbons (Fsp3) is 0.278. The summed E-state index contributed by atoms with van der Waals surface area (Å²) in [7, 11) is 0. The van der Waals surface area contributed by atoms with Crippen LogP contribution in [0.25, 0.3) is 0 Å². The number of piperazine rings is 1. The molecule has 1 saturated heterocycles. The minimum Gasteiger partial charge on any atom is -0.435 e. The zero-order chi connectivity index (χ0) is 20.1. The highest BCUT2D eigenvalue weighted by atomic mass is 32.1. The Bertz CT molecular complexity index is 843. The minimum atomic E-state index is -2.88. The van der Waals surface area contributed by atoms with Crippen LogP contribution in [0.1, 0.15) is 0 Å². The van der Waals surface area contributed by atoms with Crippen LogP contribution in [-0.4, -0.2) is 47.7 Å². The molecule has 0 atom stereocenters. The highest BCUT2D eigenvalue weighted by Gasteiger charge is 2.20. The van der Waals surface area contributed by atoms with Gasteiger partial charge in [0.2, 0.25) is 0 Å². The van der Waals surface area contributed by atoms with Crippen molar-refractivity contribution in [1.29, 1.82) is 0 Å².